The van der Waals surface area contributed by atoms with Crippen molar-refractivity contribution < 1.29 is 38.1 Å². The maximum absolute atomic E-state index is 12.1. The molecule has 2 rings (SSSR count). The van der Waals surface area contributed by atoms with Crippen LogP contribution in [-0.2, 0) is 38.1 Å². The van der Waals surface area contributed by atoms with Crippen molar-refractivity contribution >= 4 is 23.9 Å². The fourth-order valence-electron chi connectivity index (χ4n) is 3.22. The van der Waals surface area contributed by atoms with Crippen LogP contribution >= 0.6 is 0 Å². The SMILES string of the molecule is CCOC(=O)C1CC(OC(=O)CCC(N)C(=O)OC2CNC(C(=O)OC)C2)CN1. The molecule has 4 N–H and O–H groups in total. The van der Waals surface area contributed by atoms with Gasteiger partial charge in [0.1, 0.15) is 30.3 Å². The monoisotopic (exact) mass is 415 g/mol. The molecule has 0 spiro atoms. The highest BCUT2D eigenvalue weighted by Gasteiger charge is 2.34. The molecule has 11 nitrogen and oxygen atoms in total. The number of nitrogens with two attached hydrogens (primary N) is 1. The van der Waals surface area contributed by atoms with Crippen molar-refractivity contribution in [2.75, 3.05) is 26.8 Å². The van der Waals surface area contributed by atoms with Crippen molar-refractivity contribution in [1.29, 1.82) is 0 Å². The van der Waals surface area contributed by atoms with Crippen molar-refractivity contribution in [1.82, 2.24) is 10.6 Å². The molecule has 29 heavy (non-hydrogen) atoms. The second-order valence-electron chi connectivity index (χ2n) is 6.98. The van der Waals surface area contributed by atoms with Crippen LogP contribution in [0.1, 0.15) is 32.6 Å². The van der Waals surface area contributed by atoms with Gasteiger partial charge in [0, 0.05) is 32.4 Å². The number of esters is 4. The highest BCUT2D eigenvalue weighted by molar-refractivity contribution is 5.78. The van der Waals surface area contributed by atoms with Gasteiger partial charge < -0.3 is 35.3 Å². The molecule has 11 heteroatoms. The molecule has 2 heterocycles. The first-order valence-corrected chi connectivity index (χ1v) is 9.70. The molecule has 0 aromatic rings. The van der Waals surface area contributed by atoms with E-state index in [0.29, 0.717) is 25.9 Å². The summed E-state index contributed by atoms with van der Waals surface area (Å²) in [7, 11) is 1.29. The Morgan fingerprint density at radius 3 is 2.17 bits per heavy atom. The zero-order valence-electron chi connectivity index (χ0n) is 16.7. The van der Waals surface area contributed by atoms with Crippen molar-refractivity contribution in [3.05, 3.63) is 0 Å². The minimum Gasteiger partial charge on any atom is -0.468 e. The Balaban J connectivity index is 1.65. The van der Waals surface area contributed by atoms with Crippen LogP contribution < -0.4 is 16.4 Å². The minimum absolute atomic E-state index is 0.0510. The number of hydrogen-bond donors (Lipinski definition) is 3. The first kappa shape index (κ1) is 23.0. The van der Waals surface area contributed by atoms with E-state index < -0.39 is 48.2 Å². The summed E-state index contributed by atoms with van der Waals surface area (Å²) < 4.78 is 20.2. The quantitative estimate of drug-likeness (QED) is 0.294. The molecule has 5 atom stereocenters. The molecule has 5 unspecified atom stereocenters. The second kappa shape index (κ2) is 11.1. The largest absolute Gasteiger partial charge is 0.468 e. The lowest BCUT2D eigenvalue weighted by molar-refractivity contribution is -0.153. The summed E-state index contributed by atoms with van der Waals surface area (Å²) >= 11 is 0. The minimum atomic E-state index is -0.978. The molecular formula is C18H29N3O8. The predicted octanol–water partition coefficient (Wildman–Crippen LogP) is -1.62. The van der Waals surface area contributed by atoms with Crippen LogP contribution in [0.15, 0.2) is 0 Å². The zero-order valence-corrected chi connectivity index (χ0v) is 16.7. The van der Waals surface area contributed by atoms with Gasteiger partial charge in [0.2, 0.25) is 0 Å². The van der Waals surface area contributed by atoms with E-state index >= 15 is 0 Å². The summed E-state index contributed by atoms with van der Waals surface area (Å²) in [6, 6.07) is -1.98. The lowest BCUT2D eigenvalue weighted by Gasteiger charge is -2.16. The first-order valence-electron chi connectivity index (χ1n) is 9.70. The molecule has 0 radical (unpaired) electrons. The smallest absolute Gasteiger partial charge is 0.323 e. The van der Waals surface area contributed by atoms with Crippen LogP contribution in [0, 0.1) is 0 Å². The van der Waals surface area contributed by atoms with Crippen LogP contribution in [0.4, 0.5) is 0 Å². The van der Waals surface area contributed by atoms with E-state index in [1.165, 1.54) is 7.11 Å². The Morgan fingerprint density at radius 2 is 1.59 bits per heavy atom. The van der Waals surface area contributed by atoms with E-state index in [1.54, 1.807) is 6.92 Å². The molecule has 2 aliphatic rings. The van der Waals surface area contributed by atoms with Gasteiger partial charge in [-0.15, -0.1) is 0 Å². The third-order valence-electron chi connectivity index (χ3n) is 4.78. The van der Waals surface area contributed by atoms with Crippen LogP contribution in [0.2, 0.25) is 0 Å². The zero-order chi connectivity index (χ0) is 21.4. The molecule has 0 aromatic carbocycles. The summed E-state index contributed by atoms with van der Waals surface area (Å²) in [5.74, 6) is -1.92. The molecule has 164 valence electrons. The molecule has 0 amide bonds. The summed E-state index contributed by atoms with van der Waals surface area (Å²) in [5.41, 5.74) is 5.80. The number of carbonyl (C=O) groups excluding carboxylic acids is 4. The Kier molecular flexibility index (Phi) is 8.80. The maximum atomic E-state index is 12.1. The molecular weight excluding hydrogens is 386 g/mol. The lowest BCUT2D eigenvalue weighted by atomic mass is 10.1. The van der Waals surface area contributed by atoms with Crippen LogP contribution in [-0.4, -0.2) is 81.0 Å². The molecule has 0 saturated carbocycles. The number of nitrogens with one attached hydrogen (secondary N) is 2. The van der Waals surface area contributed by atoms with Crippen LogP contribution in [0.3, 0.4) is 0 Å². The van der Waals surface area contributed by atoms with Crippen LogP contribution in [0.25, 0.3) is 0 Å². The number of hydrogen-bond acceptors (Lipinski definition) is 11. The van der Waals surface area contributed by atoms with E-state index in [-0.39, 0.29) is 25.4 Å². The number of ether oxygens (including phenoxy) is 4. The van der Waals surface area contributed by atoms with Crippen molar-refractivity contribution in [2.24, 2.45) is 5.73 Å². The van der Waals surface area contributed by atoms with Crippen molar-refractivity contribution in [2.45, 2.75) is 62.9 Å². The summed E-state index contributed by atoms with van der Waals surface area (Å²) in [6.45, 7) is 2.70. The number of methoxy groups -OCH3 is 1. The van der Waals surface area contributed by atoms with Gasteiger partial charge in [-0.1, -0.05) is 0 Å². The van der Waals surface area contributed by atoms with Gasteiger partial charge in [-0.05, 0) is 13.3 Å². The maximum Gasteiger partial charge on any atom is 0.323 e. The van der Waals surface area contributed by atoms with E-state index in [2.05, 4.69) is 15.4 Å². The molecule has 2 aliphatic heterocycles. The van der Waals surface area contributed by atoms with Gasteiger partial charge in [-0.3, -0.25) is 19.2 Å². The van der Waals surface area contributed by atoms with E-state index in [4.69, 9.17) is 19.9 Å². The van der Waals surface area contributed by atoms with Crippen molar-refractivity contribution in [3.8, 4) is 0 Å². The van der Waals surface area contributed by atoms with Gasteiger partial charge in [-0.25, -0.2) is 0 Å². The Labute approximate surface area is 168 Å². The molecule has 0 bridgehead atoms. The van der Waals surface area contributed by atoms with Gasteiger partial charge in [-0.2, -0.15) is 0 Å². The third-order valence-corrected chi connectivity index (χ3v) is 4.78. The number of carbonyl (C=O) groups is 4. The van der Waals surface area contributed by atoms with Gasteiger partial charge in [0.25, 0.3) is 0 Å². The van der Waals surface area contributed by atoms with Crippen LogP contribution in [0.5, 0.6) is 0 Å². The second-order valence-corrected chi connectivity index (χ2v) is 6.98. The number of rotatable bonds is 9. The predicted molar refractivity (Wildman–Crippen MR) is 98.4 cm³/mol. The molecule has 0 aromatic heterocycles. The highest BCUT2D eigenvalue weighted by Crippen LogP contribution is 2.15. The normalized spacial score (nSPS) is 27.1. The molecule has 2 saturated heterocycles. The average Bonchev–Trinajstić information content (AvgIpc) is 3.35. The van der Waals surface area contributed by atoms with Crippen molar-refractivity contribution in [3.63, 3.8) is 0 Å². The van der Waals surface area contributed by atoms with Gasteiger partial charge in [0.15, 0.2) is 0 Å². The topological polar surface area (TPSA) is 155 Å². The fraction of sp³-hybridized carbons (Fsp3) is 0.778. The first-order chi connectivity index (χ1) is 13.8. The van der Waals surface area contributed by atoms with E-state index in [0.717, 1.165) is 0 Å². The Bertz CT molecular complexity index is 614. The molecule has 0 aliphatic carbocycles. The van der Waals surface area contributed by atoms with E-state index in [9.17, 15) is 19.2 Å². The summed E-state index contributed by atoms with van der Waals surface area (Å²) in [5, 5.41) is 5.85. The van der Waals surface area contributed by atoms with E-state index in [1.807, 2.05) is 0 Å². The third kappa shape index (κ3) is 6.94. The van der Waals surface area contributed by atoms with Gasteiger partial charge >= 0.3 is 23.9 Å². The average molecular weight is 415 g/mol. The fourth-order valence-corrected chi connectivity index (χ4v) is 3.22. The highest BCUT2D eigenvalue weighted by atomic mass is 16.6. The van der Waals surface area contributed by atoms with Gasteiger partial charge in [0.05, 0.1) is 13.7 Å². The summed E-state index contributed by atoms with van der Waals surface area (Å²) in [4.78, 5) is 47.2. The Morgan fingerprint density at radius 1 is 1.00 bits per heavy atom. The lowest BCUT2D eigenvalue weighted by Crippen LogP contribution is -2.36. The standard InChI is InChI=1S/C18H29N3O8/c1-3-27-18(25)14-6-10(8-21-14)28-15(22)5-4-12(19)16(23)29-11-7-13(20-9-11)17(24)26-2/h10-14,20-21H,3-9,19H2,1-2H3. The molecule has 2 fully saturated rings. The summed E-state index contributed by atoms with van der Waals surface area (Å²) in [6.07, 6.45) is -0.239. The Hall–Kier alpha value is -2.24.